The van der Waals surface area contributed by atoms with Gasteiger partial charge in [-0.15, -0.1) is 0 Å². The van der Waals surface area contributed by atoms with Crippen LogP contribution in [0.1, 0.15) is 18.6 Å². The zero-order valence-electron chi connectivity index (χ0n) is 9.75. The van der Waals surface area contributed by atoms with E-state index in [2.05, 4.69) is 5.32 Å². The van der Waals surface area contributed by atoms with Crippen LogP contribution >= 0.6 is 0 Å². The average molecular weight is 245 g/mol. The van der Waals surface area contributed by atoms with Crippen molar-refractivity contribution in [3.63, 3.8) is 0 Å². The molecule has 0 saturated heterocycles. The predicted molar refractivity (Wildman–Crippen MR) is 60.7 cm³/mol. The zero-order chi connectivity index (χ0) is 12.7. The third kappa shape index (κ3) is 4.38. The van der Waals surface area contributed by atoms with Crippen LogP contribution in [-0.2, 0) is 4.74 Å². The van der Waals surface area contributed by atoms with Gasteiger partial charge >= 0.3 is 0 Å². The Labute approximate surface area is 99.4 Å². The van der Waals surface area contributed by atoms with Crippen LogP contribution in [-0.4, -0.2) is 31.4 Å². The smallest absolute Gasteiger partial charge is 0.131 e. The third-order valence-electron chi connectivity index (χ3n) is 2.30. The third-order valence-corrected chi connectivity index (χ3v) is 2.30. The van der Waals surface area contributed by atoms with E-state index in [0.717, 1.165) is 12.1 Å². The highest BCUT2D eigenvalue weighted by atomic mass is 19.1. The van der Waals surface area contributed by atoms with Gasteiger partial charge in [0.1, 0.15) is 11.6 Å². The Kier molecular flexibility index (Phi) is 6.04. The second-order valence-corrected chi connectivity index (χ2v) is 3.55. The van der Waals surface area contributed by atoms with E-state index in [1.165, 1.54) is 6.07 Å². The molecule has 0 aromatic heterocycles. The van der Waals surface area contributed by atoms with E-state index in [1.807, 2.05) is 6.92 Å². The number of hydrogen-bond donors (Lipinski definition) is 2. The molecule has 17 heavy (non-hydrogen) atoms. The first-order chi connectivity index (χ1) is 8.16. The summed E-state index contributed by atoms with van der Waals surface area (Å²) in [7, 11) is 0. The molecule has 0 heterocycles. The maximum atomic E-state index is 13.3. The van der Waals surface area contributed by atoms with Gasteiger partial charge in [-0.05, 0) is 19.1 Å². The highest BCUT2D eigenvalue weighted by Crippen LogP contribution is 2.19. The molecule has 2 N–H and O–H groups in total. The van der Waals surface area contributed by atoms with Gasteiger partial charge in [0, 0.05) is 19.7 Å². The van der Waals surface area contributed by atoms with E-state index < -0.39 is 17.7 Å². The number of aliphatic hydroxyl groups is 1. The molecule has 5 heteroatoms. The summed E-state index contributed by atoms with van der Waals surface area (Å²) in [6.45, 7) is 3.62. The van der Waals surface area contributed by atoms with Crippen molar-refractivity contribution in [2.24, 2.45) is 0 Å². The van der Waals surface area contributed by atoms with Crippen molar-refractivity contribution < 1.29 is 18.6 Å². The Morgan fingerprint density at radius 1 is 1.35 bits per heavy atom. The topological polar surface area (TPSA) is 41.5 Å². The molecule has 0 amide bonds. The Bertz CT molecular complexity index is 327. The highest BCUT2D eigenvalue weighted by Gasteiger charge is 2.16. The van der Waals surface area contributed by atoms with Gasteiger partial charge in [0.2, 0.25) is 0 Å². The Balaban J connectivity index is 2.44. The minimum Gasteiger partial charge on any atom is -0.387 e. The van der Waals surface area contributed by atoms with Crippen LogP contribution in [0, 0.1) is 11.6 Å². The number of halogens is 2. The van der Waals surface area contributed by atoms with Gasteiger partial charge in [-0.3, -0.25) is 0 Å². The Hall–Kier alpha value is -1.04. The van der Waals surface area contributed by atoms with Gasteiger partial charge in [0.25, 0.3) is 0 Å². The first-order valence-electron chi connectivity index (χ1n) is 5.57. The van der Waals surface area contributed by atoms with Crippen LogP contribution in [0.3, 0.4) is 0 Å². The minimum absolute atomic E-state index is 0.0882. The Morgan fingerprint density at radius 3 is 2.59 bits per heavy atom. The summed E-state index contributed by atoms with van der Waals surface area (Å²) in [4.78, 5) is 0. The predicted octanol–water partition coefficient (Wildman–Crippen LogP) is 1.62. The maximum Gasteiger partial charge on any atom is 0.131 e. The second kappa shape index (κ2) is 7.32. The van der Waals surface area contributed by atoms with Crippen molar-refractivity contribution in [2.75, 3.05) is 26.3 Å². The summed E-state index contributed by atoms with van der Waals surface area (Å²) in [5.74, 6) is -1.46. The van der Waals surface area contributed by atoms with Crippen molar-refractivity contribution >= 4 is 0 Å². The summed E-state index contributed by atoms with van der Waals surface area (Å²) in [5.41, 5.74) is -0.295. The normalized spacial score (nSPS) is 12.7. The molecule has 1 rings (SSSR count). The molecule has 0 aliphatic heterocycles. The average Bonchev–Trinajstić information content (AvgIpc) is 2.28. The number of benzene rings is 1. The van der Waals surface area contributed by atoms with Gasteiger partial charge in [0.15, 0.2) is 0 Å². The number of nitrogens with one attached hydrogen (secondary N) is 1. The van der Waals surface area contributed by atoms with Crippen molar-refractivity contribution in [3.05, 3.63) is 35.4 Å². The highest BCUT2D eigenvalue weighted by molar-refractivity contribution is 5.22. The van der Waals surface area contributed by atoms with Gasteiger partial charge < -0.3 is 15.2 Å². The molecule has 0 bridgehead atoms. The van der Waals surface area contributed by atoms with Crippen molar-refractivity contribution in [3.8, 4) is 0 Å². The van der Waals surface area contributed by atoms with Crippen LogP contribution in [0.5, 0.6) is 0 Å². The van der Waals surface area contributed by atoms with Crippen LogP contribution in [0.15, 0.2) is 18.2 Å². The van der Waals surface area contributed by atoms with Crippen LogP contribution in [0.4, 0.5) is 8.78 Å². The monoisotopic (exact) mass is 245 g/mol. The standard InChI is InChI=1S/C12H17F2NO2/c1-2-17-7-6-15-8-11(16)12-9(13)4-3-5-10(12)14/h3-5,11,15-16H,2,6-8H2,1H3. The first-order valence-corrected chi connectivity index (χ1v) is 5.57. The van der Waals surface area contributed by atoms with E-state index in [9.17, 15) is 13.9 Å². The summed E-state index contributed by atoms with van der Waals surface area (Å²) in [6, 6.07) is 3.52. The van der Waals surface area contributed by atoms with Gasteiger partial charge in [0.05, 0.1) is 18.3 Å². The van der Waals surface area contributed by atoms with Crippen molar-refractivity contribution in [1.29, 1.82) is 0 Å². The molecular weight excluding hydrogens is 228 g/mol. The van der Waals surface area contributed by atoms with Crippen LogP contribution in [0.2, 0.25) is 0 Å². The zero-order valence-corrected chi connectivity index (χ0v) is 9.75. The fraction of sp³-hybridized carbons (Fsp3) is 0.500. The second-order valence-electron chi connectivity index (χ2n) is 3.55. The molecule has 0 radical (unpaired) electrons. The fourth-order valence-corrected chi connectivity index (χ4v) is 1.46. The lowest BCUT2D eigenvalue weighted by Gasteiger charge is -2.13. The summed E-state index contributed by atoms with van der Waals surface area (Å²) in [5, 5.41) is 12.5. The van der Waals surface area contributed by atoms with Gasteiger partial charge in [-0.2, -0.15) is 0 Å². The molecule has 1 unspecified atom stereocenters. The molecule has 0 spiro atoms. The number of ether oxygens (including phenoxy) is 1. The summed E-state index contributed by atoms with van der Waals surface area (Å²) in [6.07, 6.45) is -1.20. The lowest BCUT2D eigenvalue weighted by atomic mass is 10.1. The molecule has 0 aliphatic carbocycles. The number of hydrogen-bond acceptors (Lipinski definition) is 3. The van der Waals surface area contributed by atoms with E-state index in [1.54, 1.807) is 0 Å². The molecule has 0 saturated carbocycles. The minimum atomic E-state index is -1.20. The Morgan fingerprint density at radius 2 is 2.00 bits per heavy atom. The van der Waals surface area contributed by atoms with E-state index >= 15 is 0 Å². The quantitative estimate of drug-likeness (QED) is 0.717. The molecule has 0 aliphatic rings. The van der Waals surface area contributed by atoms with Gasteiger partial charge in [-0.1, -0.05) is 6.07 Å². The van der Waals surface area contributed by atoms with Crippen molar-refractivity contribution in [2.45, 2.75) is 13.0 Å². The summed E-state index contributed by atoms with van der Waals surface area (Å²) < 4.78 is 31.6. The van der Waals surface area contributed by atoms with Gasteiger partial charge in [-0.25, -0.2) is 8.78 Å². The number of aliphatic hydroxyl groups excluding tert-OH is 1. The SMILES string of the molecule is CCOCCNCC(O)c1c(F)cccc1F. The fourth-order valence-electron chi connectivity index (χ4n) is 1.46. The molecular formula is C12H17F2NO2. The van der Waals surface area contributed by atoms with E-state index in [-0.39, 0.29) is 12.1 Å². The first kappa shape index (κ1) is 14.0. The van der Waals surface area contributed by atoms with E-state index in [4.69, 9.17) is 4.74 Å². The van der Waals surface area contributed by atoms with Crippen molar-refractivity contribution in [1.82, 2.24) is 5.32 Å². The lowest BCUT2D eigenvalue weighted by molar-refractivity contribution is 0.135. The van der Waals surface area contributed by atoms with E-state index in [0.29, 0.717) is 19.8 Å². The molecule has 96 valence electrons. The maximum absolute atomic E-state index is 13.3. The molecule has 1 atom stereocenters. The largest absolute Gasteiger partial charge is 0.387 e. The lowest BCUT2D eigenvalue weighted by Crippen LogP contribution is -2.26. The molecule has 3 nitrogen and oxygen atoms in total. The van der Waals surface area contributed by atoms with Crippen LogP contribution < -0.4 is 5.32 Å². The number of rotatable bonds is 7. The molecule has 1 aromatic carbocycles. The van der Waals surface area contributed by atoms with Crippen LogP contribution in [0.25, 0.3) is 0 Å². The summed E-state index contributed by atoms with van der Waals surface area (Å²) >= 11 is 0. The molecule has 0 fully saturated rings. The molecule has 1 aromatic rings.